The minimum atomic E-state index is -0.954. The number of hydrogen-bond acceptors (Lipinski definition) is 3. The molecule has 0 heterocycles. The Morgan fingerprint density at radius 1 is 1.40 bits per heavy atom. The van der Waals surface area contributed by atoms with Gasteiger partial charge in [0.05, 0.1) is 0 Å². The van der Waals surface area contributed by atoms with Gasteiger partial charge in [-0.2, -0.15) is 0 Å². The normalized spacial score (nSPS) is 11.7. The third-order valence-electron chi connectivity index (χ3n) is 2.47. The van der Waals surface area contributed by atoms with Crippen LogP contribution in [0, 0.1) is 12.0 Å². The van der Waals surface area contributed by atoms with E-state index in [0.29, 0.717) is 18.8 Å². The molecule has 1 N–H and O–H groups in total. The van der Waals surface area contributed by atoms with Gasteiger partial charge in [0, 0.05) is 13.0 Å². The SMILES string of the molecule is CC=CC#COc1ccc(CC(OCC)C(=O)O)cc1. The molecule has 0 aromatic heterocycles. The molecule has 0 aliphatic heterocycles. The van der Waals surface area contributed by atoms with Crippen molar-refractivity contribution in [3.63, 3.8) is 0 Å². The molecule has 1 unspecified atom stereocenters. The van der Waals surface area contributed by atoms with Gasteiger partial charge in [-0.3, -0.25) is 0 Å². The van der Waals surface area contributed by atoms with E-state index in [-0.39, 0.29) is 0 Å². The van der Waals surface area contributed by atoms with Crippen LogP contribution in [-0.2, 0) is 16.0 Å². The van der Waals surface area contributed by atoms with E-state index in [2.05, 4.69) is 12.0 Å². The Balaban J connectivity index is 2.62. The van der Waals surface area contributed by atoms with Crippen LogP contribution in [0.3, 0.4) is 0 Å². The molecule has 0 aliphatic rings. The minimum absolute atomic E-state index is 0.327. The van der Waals surface area contributed by atoms with Crippen LogP contribution < -0.4 is 4.74 Å². The molecule has 0 saturated heterocycles. The fourth-order valence-electron chi connectivity index (χ4n) is 1.53. The number of aliphatic carboxylic acids is 1. The first-order valence-corrected chi connectivity index (χ1v) is 6.39. The lowest BCUT2D eigenvalue weighted by molar-refractivity contribution is -0.149. The molecule has 1 rings (SSSR count). The molecule has 0 aliphatic carbocycles. The summed E-state index contributed by atoms with van der Waals surface area (Å²) in [6, 6.07) is 7.12. The summed E-state index contributed by atoms with van der Waals surface area (Å²) in [4.78, 5) is 11.0. The molecule has 0 spiro atoms. The molecular formula is C16H18O4. The number of carboxylic acid groups (broad SMARTS) is 1. The van der Waals surface area contributed by atoms with Gasteiger partial charge in [-0.1, -0.05) is 18.2 Å². The number of allylic oxidation sites excluding steroid dienone is 2. The molecule has 1 aromatic carbocycles. The van der Waals surface area contributed by atoms with Crippen molar-refractivity contribution in [1.82, 2.24) is 0 Å². The lowest BCUT2D eigenvalue weighted by atomic mass is 10.1. The molecular weight excluding hydrogens is 256 g/mol. The van der Waals surface area contributed by atoms with E-state index in [1.54, 1.807) is 25.1 Å². The topological polar surface area (TPSA) is 55.8 Å². The maximum atomic E-state index is 11.0. The molecule has 106 valence electrons. The second-order valence-electron chi connectivity index (χ2n) is 3.98. The van der Waals surface area contributed by atoms with E-state index in [0.717, 1.165) is 5.56 Å². The van der Waals surface area contributed by atoms with Crippen LogP contribution >= 0.6 is 0 Å². The molecule has 0 fully saturated rings. The summed E-state index contributed by atoms with van der Waals surface area (Å²) in [5.74, 6) is 2.38. The van der Waals surface area contributed by atoms with Crippen LogP contribution in [0.5, 0.6) is 5.75 Å². The molecule has 1 atom stereocenters. The van der Waals surface area contributed by atoms with Gasteiger partial charge in [0.15, 0.2) is 6.10 Å². The Bertz CT molecular complexity index is 506. The van der Waals surface area contributed by atoms with Crippen molar-refractivity contribution >= 4 is 5.97 Å². The lowest BCUT2D eigenvalue weighted by Crippen LogP contribution is -2.26. The predicted octanol–water partition coefficient (Wildman–Crippen LogP) is 2.63. The fraction of sp³-hybridized carbons (Fsp3) is 0.312. The number of rotatable bonds is 6. The lowest BCUT2D eigenvalue weighted by Gasteiger charge is -2.12. The second-order valence-corrected chi connectivity index (χ2v) is 3.98. The molecule has 0 amide bonds. The van der Waals surface area contributed by atoms with Gasteiger partial charge in [-0.25, -0.2) is 4.79 Å². The summed E-state index contributed by atoms with van der Waals surface area (Å²) in [7, 11) is 0. The average Bonchev–Trinajstić information content (AvgIpc) is 2.44. The van der Waals surface area contributed by atoms with Crippen molar-refractivity contribution in [1.29, 1.82) is 0 Å². The third kappa shape index (κ3) is 5.59. The highest BCUT2D eigenvalue weighted by Crippen LogP contribution is 2.14. The van der Waals surface area contributed by atoms with Crippen LogP contribution in [-0.4, -0.2) is 23.8 Å². The summed E-state index contributed by atoms with van der Waals surface area (Å²) in [6.07, 6.45) is 5.56. The van der Waals surface area contributed by atoms with Crippen molar-refractivity contribution in [2.45, 2.75) is 26.4 Å². The van der Waals surface area contributed by atoms with Gasteiger partial charge in [-0.05, 0) is 43.5 Å². The largest absolute Gasteiger partial charge is 0.479 e. The highest BCUT2D eigenvalue weighted by atomic mass is 16.5. The van der Waals surface area contributed by atoms with E-state index < -0.39 is 12.1 Å². The Hall–Kier alpha value is -2.25. The minimum Gasteiger partial charge on any atom is -0.479 e. The zero-order chi connectivity index (χ0) is 14.8. The van der Waals surface area contributed by atoms with Gasteiger partial charge >= 0.3 is 5.97 Å². The monoisotopic (exact) mass is 274 g/mol. The van der Waals surface area contributed by atoms with Gasteiger partial charge in [0.2, 0.25) is 0 Å². The second kappa shape index (κ2) is 8.78. The van der Waals surface area contributed by atoms with E-state index in [9.17, 15) is 4.79 Å². The maximum Gasteiger partial charge on any atom is 0.333 e. The quantitative estimate of drug-likeness (QED) is 0.810. The number of benzene rings is 1. The van der Waals surface area contributed by atoms with Gasteiger partial charge in [0.1, 0.15) is 11.9 Å². The number of carboxylic acids is 1. The van der Waals surface area contributed by atoms with Crippen molar-refractivity contribution in [2.75, 3.05) is 6.61 Å². The third-order valence-corrected chi connectivity index (χ3v) is 2.47. The summed E-state index contributed by atoms with van der Waals surface area (Å²) in [5.41, 5.74) is 0.875. The maximum absolute atomic E-state index is 11.0. The summed E-state index contributed by atoms with van der Waals surface area (Å²) >= 11 is 0. The zero-order valence-corrected chi connectivity index (χ0v) is 11.6. The van der Waals surface area contributed by atoms with Crippen LogP contribution in [0.1, 0.15) is 19.4 Å². The number of ether oxygens (including phenoxy) is 2. The first kappa shape index (κ1) is 15.8. The zero-order valence-electron chi connectivity index (χ0n) is 11.6. The molecule has 1 aromatic rings. The standard InChI is InChI=1S/C16H18O4/c1-3-5-6-11-20-14-9-7-13(8-10-14)12-15(16(17)18)19-4-2/h3,5,7-10,15H,4,12H2,1-2H3,(H,17,18). The van der Waals surface area contributed by atoms with E-state index in [1.807, 2.05) is 25.1 Å². The van der Waals surface area contributed by atoms with Gasteiger partial charge < -0.3 is 14.6 Å². The van der Waals surface area contributed by atoms with Crippen molar-refractivity contribution in [3.05, 3.63) is 42.0 Å². The van der Waals surface area contributed by atoms with E-state index >= 15 is 0 Å². The number of hydrogen-bond donors (Lipinski definition) is 1. The van der Waals surface area contributed by atoms with Crippen LogP contribution in [0.15, 0.2) is 36.4 Å². The highest BCUT2D eigenvalue weighted by molar-refractivity contribution is 5.72. The Kier molecular flexibility index (Phi) is 6.94. The smallest absolute Gasteiger partial charge is 0.333 e. The molecule has 4 nitrogen and oxygen atoms in total. The van der Waals surface area contributed by atoms with Crippen LogP contribution in [0.25, 0.3) is 0 Å². The molecule has 4 heteroatoms. The fourth-order valence-corrected chi connectivity index (χ4v) is 1.53. The first-order valence-electron chi connectivity index (χ1n) is 6.39. The van der Waals surface area contributed by atoms with Gasteiger partial charge in [0.25, 0.3) is 0 Å². The first-order chi connectivity index (χ1) is 9.67. The highest BCUT2D eigenvalue weighted by Gasteiger charge is 2.17. The van der Waals surface area contributed by atoms with Crippen molar-refractivity contribution in [3.8, 4) is 17.8 Å². The van der Waals surface area contributed by atoms with Crippen LogP contribution in [0.2, 0.25) is 0 Å². The Morgan fingerprint density at radius 2 is 2.10 bits per heavy atom. The summed E-state index contributed by atoms with van der Waals surface area (Å²) in [6.45, 7) is 4.02. The average molecular weight is 274 g/mol. The van der Waals surface area contributed by atoms with Crippen molar-refractivity contribution < 1.29 is 19.4 Å². The van der Waals surface area contributed by atoms with Crippen LogP contribution in [0.4, 0.5) is 0 Å². The van der Waals surface area contributed by atoms with E-state index in [4.69, 9.17) is 14.6 Å². The predicted molar refractivity (Wildman–Crippen MR) is 76.4 cm³/mol. The molecule has 0 saturated carbocycles. The van der Waals surface area contributed by atoms with E-state index in [1.165, 1.54) is 0 Å². The van der Waals surface area contributed by atoms with Crippen molar-refractivity contribution in [2.24, 2.45) is 0 Å². The molecule has 0 radical (unpaired) electrons. The Labute approximate surface area is 119 Å². The Morgan fingerprint density at radius 3 is 2.65 bits per heavy atom. The number of carbonyl (C=O) groups is 1. The summed E-state index contributed by atoms with van der Waals surface area (Å²) < 4.78 is 10.4. The van der Waals surface area contributed by atoms with Gasteiger partial charge in [-0.15, -0.1) is 0 Å². The molecule has 0 bridgehead atoms. The summed E-state index contributed by atoms with van der Waals surface area (Å²) in [5, 5.41) is 9.01. The molecule has 20 heavy (non-hydrogen) atoms.